The monoisotopic (exact) mass is 396 g/mol. The molecule has 2 heterocycles. The van der Waals surface area contributed by atoms with Crippen molar-refractivity contribution in [2.75, 3.05) is 7.11 Å². The molecule has 0 radical (unpaired) electrons. The predicted octanol–water partition coefficient (Wildman–Crippen LogP) is 5.21. The topological polar surface area (TPSA) is 70.4 Å². The van der Waals surface area contributed by atoms with Gasteiger partial charge >= 0.3 is 0 Å². The number of furan rings is 1. The highest BCUT2D eigenvalue weighted by Gasteiger charge is 2.17. The lowest BCUT2D eigenvalue weighted by Crippen LogP contribution is -2.11. The SMILES string of the molecule is COc1ccc(Cn2c3cc(-c4ccco4)ccc3c3c(C(N)=O)cccc32)cc1. The Morgan fingerprint density at radius 3 is 2.53 bits per heavy atom. The van der Waals surface area contributed by atoms with Gasteiger partial charge in [-0.05, 0) is 48.0 Å². The lowest BCUT2D eigenvalue weighted by molar-refractivity contribution is 0.100. The van der Waals surface area contributed by atoms with Crippen LogP contribution in [0.3, 0.4) is 0 Å². The summed E-state index contributed by atoms with van der Waals surface area (Å²) in [7, 11) is 1.66. The minimum Gasteiger partial charge on any atom is -0.497 e. The van der Waals surface area contributed by atoms with Gasteiger partial charge in [-0.1, -0.05) is 30.3 Å². The fraction of sp³-hybridized carbons (Fsp3) is 0.0800. The molecular formula is C25H20N2O3. The summed E-state index contributed by atoms with van der Waals surface area (Å²) in [5.74, 6) is 1.18. The Hall–Kier alpha value is -3.99. The van der Waals surface area contributed by atoms with E-state index in [-0.39, 0.29) is 0 Å². The Morgan fingerprint density at radius 2 is 1.83 bits per heavy atom. The zero-order chi connectivity index (χ0) is 20.7. The first-order valence-corrected chi connectivity index (χ1v) is 9.67. The van der Waals surface area contributed by atoms with E-state index < -0.39 is 5.91 Å². The summed E-state index contributed by atoms with van der Waals surface area (Å²) in [6, 6.07) is 23.6. The number of rotatable bonds is 5. The van der Waals surface area contributed by atoms with Crippen molar-refractivity contribution < 1.29 is 13.9 Å². The molecule has 0 aliphatic carbocycles. The van der Waals surface area contributed by atoms with Crippen LogP contribution < -0.4 is 10.5 Å². The van der Waals surface area contributed by atoms with Crippen molar-refractivity contribution >= 4 is 27.7 Å². The molecule has 0 atom stereocenters. The van der Waals surface area contributed by atoms with E-state index in [9.17, 15) is 4.79 Å². The number of hydrogen-bond acceptors (Lipinski definition) is 3. The van der Waals surface area contributed by atoms with E-state index in [1.807, 2.05) is 60.7 Å². The molecule has 0 aliphatic rings. The zero-order valence-corrected chi connectivity index (χ0v) is 16.5. The summed E-state index contributed by atoms with van der Waals surface area (Å²) in [5, 5.41) is 1.86. The summed E-state index contributed by atoms with van der Waals surface area (Å²) >= 11 is 0. The van der Waals surface area contributed by atoms with Crippen molar-refractivity contribution in [2.24, 2.45) is 5.73 Å². The molecule has 5 rings (SSSR count). The summed E-state index contributed by atoms with van der Waals surface area (Å²) < 4.78 is 13.1. The van der Waals surface area contributed by atoms with Crippen molar-refractivity contribution in [3.8, 4) is 17.1 Å². The molecule has 0 saturated heterocycles. The van der Waals surface area contributed by atoms with E-state index >= 15 is 0 Å². The molecule has 3 aromatic carbocycles. The van der Waals surface area contributed by atoms with Crippen LogP contribution in [0.25, 0.3) is 33.1 Å². The molecule has 0 unspecified atom stereocenters. The molecule has 0 fully saturated rings. The number of primary amides is 1. The molecule has 1 amide bonds. The van der Waals surface area contributed by atoms with Crippen molar-refractivity contribution in [1.29, 1.82) is 0 Å². The van der Waals surface area contributed by atoms with Crippen LogP contribution in [0.4, 0.5) is 0 Å². The van der Waals surface area contributed by atoms with Gasteiger partial charge in [-0.25, -0.2) is 0 Å². The highest BCUT2D eigenvalue weighted by molar-refractivity contribution is 6.18. The van der Waals surface area contributed by atoms with Crippen LogP contribution in [0.1, 0.15) is 15.9 Å². The molecule has 148 valence electrons. The average Bonchev–Trinajstić information content (AvgIpc) is 3.41. The number of aromatic nitrogens is 1. The van der Waals surface area contributed by atoms with Crippen LogP contribution >= 0.6 is 0 Å². The number of nitrogens with zero attached hydrogens (tertiary/aromatic N) is 1. The number of methoxy groups -OCH3 is 1. The third-order valence-electron chi connectivity index (χ3n) is 5.46. The van der Waals surface area contributed by atoms with E-state index in [4.69, 9.17) is 14.9 Å². The second-order valence-electron chi connectivity index (χ2n) is 7.21. The summed E-state index contributed by atoms with van der Waals surface area (Å²) in [4.78, 5) is 12.1. The van der Waals surface area contributed by atoms with Crippen molar-refractivity contribution in [1.82, 2.24) is 4.57 Å². The Balaban J connectivity index is 1.77. The number of carbonyl (C=O) groups excluding carboxylic acids is 1. The smallest absolute Gasteiger partial charge is 0.249 e. The van der Waals surface area contributed by atoms with Crippen LogP contribution in [-0.2, 0) is 6.54 Å². The molecule has 5 aromatic rings. The van der Waals surface area contributed by atoms with Crippen LogP contribution in [0.15, 0.2) is 83.5 Å². The van der Waals surface area contributed by atoms with Crippen LogP contribution in [-0.4, -0.2) is 17.6 Å². The number of benzene rings is 3. The normalized spacial score (nSPS) is 11.2. The molecule has 5 nitrogen and oxygen atoms in total. The Bertz CT molecular complexity index is 1360. The van der Waals surface area contributed by atoms with Crippen molar-refractivity contribution in [2.45, 2.75) is 6.54 Å². The molecule has 0 saturated carbocycles. The second-order valence-corrected chi connectivity index (χ2v) is 7.21. The van der Waals surface area contributed by atoms with Crippen molar-refractivity contribution in [3.63, 3.8) is 0 Å². The number of ether oxygens (including phenoxy) is 1. The number of fused-ring (bicyclic) bond motifs is 3. The molecule has 5 heteroatoms. The third-order valence-corrected chi connectivity index (χ3v) is 5.46. The fourth-order valence-electron chi connectivity index (χ4n) is 4.03. The number of carbonyl (C=O) groups is 1. The standard InChI is InChI=1S/C25H20N2O3/c1-29-18-10-7-16(8-11-18)15-27-21-5-2-4-20(25(26)28)24(21)19-12-9-17(14-22(19)27)23-6-3-13-30-23/h2-14H,15H2,1H3,(H2,26,28). The molecule has 0 spiro atoms. The van der Waals surface area contributed by atoms with Crippen LogP contribution in [0.2, 0.25) is 0 Å². The van der Waals surface area contributed by atoms with Gasteiger partial charge in [0.15, 0.2) is 0 Å². The van der Waals surface area contributed by atoms with Gasteiger partial charge in [0.25, 0.3) is 0 Å². The molecule has 30 heavy (non-hydrogen) atoms. The first-order valence-electron chi connectivity index (χ1n) is 9.67. The Kier molecular flexibility index (Phi) is 4.29. The second kappa shape index (κ2) is 7.12. The lowest BCUT2D eigenvalue weighted by atomic mass is 10.0. The molecule has 0 bridgehead atoms. The Labute approximate surface area is 173 Å². The summed E-state index contributed by atoms with van der Waals surface area (Å²) in [6.45, 7) is 0.647. The fourth-order valence-corrected chi connectivity index (χ4v) is 4.03. The van der Waals surface area contributed by atoms with Gasteiger partial charge < -0.3 is 19.5 Å². The first kappa shape index (κ1) is 18.1. The first-order chi connectivity index (χ1) is 14.7. The van der Waals surface area contributed by atoms with Crippen molar-refractivity contribution in [3.05, 3.63) is 90.2 Å². The maximum absolute atomic E-state index is 12.1. The third kappa shape index (κ3) is 2.92. The lowest BCUT2D eigenvalue weighted by Gasteiger charge is -2.09. The maximum atomic E-state index is 12.1. The van der Waals surface area contributed by atoms with Crippen LogP contribution in [0, 0.1) is 0 Å². The quantitative estimate of drug-likeness (QED) is 0.443. The van der Waals surface area contributed by atoms with E-state index in [1.54, 1.807) is 19.4 Å². The van der Waals surface area contributed by atoms with Gasteiger partial charge in [-0.15, -0.1) is 0 Å². The minimum absolute atomic E-state index is 0.431. The highest BCUT2D eigenvalue weighted by Crippen LogP contribution is 2.35. The number of amides is 1. The van der Waals surface area contributed by atoms with Gasteiger partial charge in [0, 0.05) is 28.4 Å². The molecular weight excluding hydrogens is 376 g/mol. The molecule has 0 aliphatic heterocycles. The number of nitrogens with two attached hydrogens (primary N) is 1. The van der Waals surface area contributed by atoms with Gasteiger partial charge in [-0.3, -0.25) is 4.79 Å². The largest absolute Gasteiger partial charge is 0.497 e. The molecule has 2 N–H and O–H groups in total. The van der Waals surface area contributed by atoms with Gasteiger partial charge in [-0.2, -0.15) is 0 Å². The zero-order valence-electron chi connectivity index (χ0n) is 16.5. The van der Waals surface area contributed by atoms with Gasteiger partial charge in [0.05, 0.1) is 24.4 Å². The Morgan fingerprint density at radius 1 is 1.00 bits per heavy atom. The van der Waals surface area contributed by atoms with Crippen LogP contribution in [0.5, 0.6) is 5.75 Å². The summed E-state index contributed by atoms with van der Waals surface area (Å²) in [6.07, 6.45) is 1.66. The minimum atomic E-state index is -0.431. The summed E-state index contributed by atoms with van der Waals surface area (Å²) in [5.41, 5.74) is 10.3. The van der Waals surface area contributed by atoms with E-state index in [1.165, 1.54) is 0 Å². The highest BCUT2D eigenvalue weighted by atomic mass is 16.5. The van der Waals surface area contributed by atoms with Gasteiger partial charge in [0.1, 0.15) is 11.5 Å². The van der Waals surface area contributed by atoms with E-state index in [0.717, 1.165) is 44.4 Å². The number of hydrogen-bond donors (Lipinski definition) is 1. The van der Waals surface area contributed by atoms with E-state index in [0.29, 0.717) is 12.1 Å². The average molecular weight is 396 g/mol. The predicted molar refractivity (Wildman–Crippen MR) is 118 cm³/mol. The maximum Gasteiger partial charge on any atom is 0.249 e. The van der Waals surface area contributed by atoms with E-state index in [2.05, 4.69) is 10.6 Å². The van der Waals surface area contributed by atoms with Gasteiger partial charge in [0.2, 0.25) is 5.91 Å². The molecule has 2 aromatic heterocycles.